The predicted molar refractivity (Wildman–Crippen MR) is 91.5 cm³/mol. The first kappa shape index (κ1) is 18.2. The van der Waals surface area contributed by atoms with Gasteiger partial charge >= 0.3 is 0 Å². The van der Waals surface area contributed by atoms with Crippen LogP contribution in [0.25, 0.3) is 0 Å². The van der Waals surface area contributed by atoms with E-state index >= 15 is 0 Å². The average Bonchev–Trinajstić information content (AvgIpc) is 3.00. The summed E-state index contributed by atoms with van der Waals surface area (Å²) >= 11 is 5.90. The summed E-state index contributed by atoms with van der Waals surface area (Å²) in [6.07, 6.45) is 2.54. The molecule has 0 atom stereocenters. The van der Waals surface area contributed by atoms with Gasteiger partial charge in [-0.3, -0.25) is 0 Å². The molecular weight excluding hydrogens is 337 g/mol. The Bertz CT molecular complexity index is 605. The van der Waals surface area contributed by atoms with Crippen molar-refractivity contribution in [1.82, 2.24) is 15.5 Å². The summed E-state index contributed by atoms with van der Waals surface area (Å²) in [4.78, 5) is 4.62. The molecule has 0 amide bonds. The van der Waals surface area contributed by atoms with Crippen molar-refractivity contribution >= 4 is 24.0 Å². The summed E-state index contributed by atoms with van der Waals surface area (Å²) in [5, 5.41) is 8.23. The van der Waals surface area contributed by atoms with Crippen LogP contribution < -0.4 is 5.32 Å². The minimum atomic E-state index is -0.161. The molecule has 5 nitrogen and oxygen atoms in total. The van der Waals surface area contributed by atoms with Crippen LogP contribution in [0.15, 0.2) is 28.8 Å². The van der Waals surface area contributed by atoms with Crippen LogP contribution in [0, 0.1) is 0 Å². The zero-order valence-electron chi connectivity index (χ0n) is 13.0. The lowest BCUT2D eigenvalue weighted by molar-refractivity contribution is 0.0849. The number of halogens is 2. The Hall–Kier alpha value is -1.14. The Morgan fingerprint density at radius 1 is 1.26 bits per heavy atom. The topological polar surface area (TPSA) is 60.2 Å². The van der Waals surface area contributed by atoms with E-state index in [2.05, 4.69) is 15.5 Å². The predicted octanol–water partition coefficient (Wildman–Crippen LogP) is 3.00. The quantitative estimate of drug-likeness (QED) is 0.890. The molecule has 1 N–H and O–H groups in total. The molecule has 0 spiro atoms. The third kappa shape index (κ3) is 4.23. The van der Waals surface area contributed by atoms with Crippen LogP contribution in [0.5, 0.6) is 0 Å². The third-order valence-electron chi connectivity index (χ3n) is 4.18. The second kappa shape index (κ2) is 8.11. The molecule has 1 aromatic heterocycles. The maximum absolute atomic E-state index is 5.90. The number of rotatable bonds is 5. The molecule has 1 aliphatic heterocycles. The first-order valence-corrected chi connectivity index (χ1v) is 7.87. The SMILES string of the molecule is COCC1(c2nc(Cc3ccc(Cl)cc3)no2)CCNCC1.Cl. The average molecular weight is 358 g/mol. The fourth-order valence-electron chi connectivity index (χ4n) is 2.93. The highest BCUT2D eigenvalue weighted by atomic mass is 35.5. The molecule has 7 heteroatoms. The van der Waals surface area contributed by atoms with Crippen molar-refractivity contribution in [1.29, 1.82) is 0 Å². The molecule has 0 aliphatic carbocycles. The normalized spacial score (nSPS) is 16.8. The Balaban J connectivity index is 0.00000192. The maximum Gasteiger partial charge on any atom is 0.235 e. The van der Waals surface area contributed by atoms with Crippen molar-refractivity contribution in [3.63, 3.8) is 0 Å². The summed E-state index contributed by atoms with van der Waals surface area (Å²) < 4.78 is 11.0. The molecule has 0 saturated carbocycles. The molecular formula is C16H21Cl2N3O2. The lowest BCUT2D eigenvalue weighted by Gasteiger charge is -2.33. The highest BCUT2D eigenvalue weighted by Gasteiger charge is 2.39. The molecule has 23 heavy (non-hydrogen) atoms. The van der Waals surface area contributed by atoms with Crippen molar-refractivity contribution in [2.45, 2.75) is 24.7 Å². The first-order valence-electron chi connectivity index (χ1n) is 7.49. The second-order valence-corrected chi connectivity index (χ2v) is 6.22. The van der Waals surface area contributed by atoms with Crippen LogP contribution in [0.4, 0.5) is 0 Å². The lowest BCUT2D eigenvalue weighted by atomic mass is 9.79. The van der Waals surface area contributed by atoms with E-state index in [0.29, 0.717) is 24.7 Å². The smallest absolute Gasteiger partial charge is 0.235 e. The largest absolute Gasteiger partial charge is 0.384 e. The van der Waals surface area contributed by atoms with Gasteiger partial charge in [-0.1, -0.05) is 28.9 Å². The molecule has 1 aromatic carbocycles. The van der Waals surface area contributed by atoms with Gasteiger partial charge in [-0.15, -0.1) is 12.4 Å². The molecule has 0 radical (unpaired) electrons. The van der Waals surface area contributed by atoms with E-state index in [0.717, 1.165) is 36.5 Å². The number of ether oxygens (including phenoxy) is 1. The van der Waals surface area contributed by atoms with Crippen LogP contribution in [0.3, 0.4) is 0 Å². The van der Waals surface area contributed by atoms with Gasteiger partial charge in [0, 0.05) is 18.6 Å². The van der Waals surface area contributed by atoms with E-state index < -0.39 is 0 Å². The number of aromatic nitrogens is 2. The molecule has 2 heterocycles. The Kier molecular flexibility index (Phi) is 6.41. The van der Waals surface area contributed by atoms with Gasteiger partial charge in [0.25, 0.3) is 0 Å². The highest BCUT2D eigenvalue weighted by Crippen LogP contribution is 2.32. The zero-order chi connectivity index (χ0) is 15.4. The molecule has 1 saturated heterocycles. The van der Waals surface area contributed by atoms with Gasteiger partial charge in [0.2, 0.25) is 5.89 Å². The third-order valence-corrected chi connectivity index (χ3v) is 4.43. The summed E-state index contributed by atoms with van der Waals surface area (Å²) in [5.74, 6) is 1.39. The van der Waals surface area contributed by atoms with E-state index in [9.17, 15) is 0 Å². The molecule has 0 unspecified atom stereocenters. The minimum absolute atomic E-state index is 0. The highest BCUT2D eigenvalue weighted by molar-refractivity contribution is 6.30. The Morgan fingerprint density at radius 3 is 2.61 bits per heavy atom. The van der Waals surface area contributed by atoms with E-state index in [1.54, 1.807) is 7.11 Å². The molecule has 0 bridgehead atoms. The maximum atomic E-state index is 5.90. The lowest BCUT2D eigenvalue weighted by Crippen LogP contribution is -2.43. The van der Waals surface area contributed by atoms with Gasteiger partial charge in [0.1, 0.15) is 0 Å². The van der Waals surface area contributed by atoms with E-state index in [1.807, 2.05) is 24.3 Å². The number of nitrogens with one attached hydrogen (secondary N) is 1. The van der Waals surface area contributed by atoms with Crippen molar-refractivity contribution in [2.75, 3.05) is 26.8 Å². The van der Waals surface area contributed by atoms with Crippen molar-refractivity contribution in [3.8, 4) is 0 Å². The molecule has 2 aromatic rings. The minimum Gasteiger partial charge on any atom is -0.384 e. The van der Waals surface area contributed by atoms with E-state index in [1.165, 1.54) is 0 Å². The zero-order valence-corrected chi connectivity index (χ0v) is 14.6. The monoisotopic (exact) mass is 357 g/mol. The molecule has 1 fully saturated rings. The van der Waals surface area contributed by atoms with E-state index in [4.69, 9.17) is 20.9 Å². The van der Waals surface area contributed by atoms with Gasteiger partial charge < -0.3 is 14.6 Å². The van der Waals surface area contributed by atoms with Crippen LogP contribution in [0.2, 0.25) is 5.02 Å². The number of piperidine rings is 1. The second-order valence-electron chi connectivity index (χ2n) is 5.78. The number of hydrogen-bond acceptors (Lipinski definition) is 5. The fourth-order valence-corrected chi connectivity index (χ4v) is 3.05. The molecule has 3 rings (SSSR count). The molecule has 1 aliphatic rings. The van der Waals surface area contributed by atoms with Gasteiger partial charge in [0.05, 0.1) is 12.0 Å². The van der Waals surface area contributed by atoms with Crippen molar-refractivity contribution in [2.24, 2.45) is 0 Å². The molecule has 126 valence electrons. The number of methoxy groups -OCH3 is 1. The Labute approximate surface area is 147 Å². The summed E-state index contributed by atoms with van der Waals surface area (Å²) in [5.41, 5.74) is 0.952. The van der Waals surface area contributed by atoms with Crippen LogP contribution in [0.1, 0.15) is 30.1 Å². The van der Waals surface area contributed by atoms with Crippen LogP contribution >= 0.6 is 24.0 Å². The Morgan fingerprint density at radius 2 is 1.96 bits per heavy atom. The van der Waals surface area contributed by atoms with Gasteiger partial charge in [-0.2, -0.15) is 4.98 Å². The fraction of sp³-hybridized carbons (Fsp3) is 0.500. The first-order chi connectivity index (χ1) is 10.7. The van der Waals surface area contributed by atoms with Gasteiger partial charge in [0.15, 0.2) is 5.82 Å². The van der Waals surface area contributed by atoms with Crippen LogP contribution in [-0.2, 0) is 16.6 Å². The summed E-state index contributed by atoms with van der Waals surface area (Å²) in [6.45, 7) is 2.49. The standard InChI is InChI=1S/C16H20ClN3O2.ClH/c1-21-11-16(6-8-18-9-7-16)15-19-14(20-22-15)10-12-2-4-13(17)5-3-12;/h2-5,18H,6-11H2,1H3;1H. The number of hydrogen-bond donors (Lipinski definition) is 1. The van der Waals surface area contributed by atoms with E-state index in [-0.39, 0.29) is 17.8 Å². The van der Waals surface area contributed by atoms with Crippen molar-refractivity contribution < 1.29 is 9.26 Å². The summed E-state index contributed by atoms with van der Waals surface area (Å²) in [6, 6.07) is 7.70. The van der Waals surface area contributed by atoms with Gasteiger partial charge in [-0.25, -0.2) is 0 Å². The van der Waals surface area contributed by atoms with Crippen molar-refractivity contribution in [3.05, 3.63) is 46.6 Å². The number of nitrogens with zero attached hydrogens (tertiary/aromatic N) is 2. The van der Waals surface area contributed by atoms with Crippen LogP contribution in [-0.4, -0.2) is 36.9 Å². The van der Waals surface area contributed by atoms with Gasteiger partial charge in [-0.05, 0) is 43.6 Å². The summed E-state index contributed by atoms with van der Waals surface area (Å²) in [7, 11) is 1.72. The number of benzene rings is 1.